The highest BCUT2D eigenvalue weighted by atomic mass is 35.5. The Kier molecular flexibility index (Phi) is 3.31. The van der Waals surface area contributed by atoms with Crippen molar-refractivity contribution in [3.05, 3.63) is 23.4 Å². The van der Waals surface area contributed by atoms with Crippen LogP contribution in [0, 0.1) is 0 Å². The number of pyridine rings is 1. The Bertz CT molecular complexity index is 252. The summed E-state index contributed by atoms with van der Waals surface area (Å²) < 4.78 is 0. The monoisotopic (exact) mass is 185 g/mol. The molecule has 0 radical (unpaired) electrons. The van der Waals surface area contributed by atoms with E-state index in [1.54, 1.807) is 6.20 Å². The molecule has 1 heterocycles. The number of halogens is 1. The van der Waals surface area contributed by atoms with Gasteiger partial charge in [-0.2, -0.15) is 0 Å². The zero-order valence-electron chi connectivity index (χ0n) is 7.00. The molecule has 0 fully saturated rings. The van der Waals surface area contributed by atoms with Gasteiger partial charge in [0.05, 0.1) is 5.02 Å². The van der Waals surface area contributed by atoms with Crippen LogP contribution in [0.4, 0.5) is 5.82 Å². The molecule has 12 heavy (non-hydrogen) atoms. The third kappa shape index (κ3) is 2.09. The Hall–Kier alpha value is -0.800. The van der Waals surface area contributed by atoms with Gasteiger partial charge in [-0.1, -0.05) is 11.6 Å². The maximum absolute atomic E-state index is 5.91. The predicted molar refractivity (Wildman–Crippen MR) is 51.6 cm³/mol. The lowest BCUT2D eigenvalue weighted by Crippen LogP contribution is -2.25. The molecule has 1 rings (SSSR count). The van der Waals surface area contributed by atoms with Gasteiger partial charge >= 0.3 is 0 Å². The van der Waals surface area contributed by atoms with Gasteiger partial charge in [0.25, 0.3) is 0 Å². The van der Waals surface area contributed by atoms with Gasteiger partial charge in [0.2, 0.25) is 0 Å². The van der Waals surface area contributed by atoms with E-state index in [0.717, 1.165) is 12.4 Å². The van der Waals surface area contributed by atoms with Gasteiger partial charge in [-0.05, 0) is 12.1 Å². The lowest BCUT2D eigenvalue weighted by molar-refractivity contribution is 0.869. The molecule has 1 aromatic heterocycles. The van der Waals surface area contributed by atoms with Crippen LogP contribution < -0.4 is 10.6 Å². The maximum atomic E-state index is 5.91. The van der Waals surface area contributed by atoms with Crippen LogP contribution in [0.2, 0.25) is 5.02 Å². The number of anilines is 1. The first kappa shape index (κ1) is 9.29. The number of likely N-dealkylation sites (N-methyl/N-ethyl adjacent to an activating group) is 1. The van der Waals surface area contributed by atoms with Gasteiger partial charge in [-0.15, -0.1) is 0 Å². The number of rotatable bonds is 3. The second-order valence-corrected chi connectivity index (χ2v) is 2.93. The van der Waals surface area contributed by atoms with E-state index in [1.807, 2.05) is 24.1 Å². The summed E-state index contributed by atoms with van der Waals surface area (Å²) in [6.45, 7) is 1.36. The van der Waals surface area contributed by atoms with Crippen LogP contribution in [0.5, 0.6) is 0 Å². The van der Waals surface area contributed by atoms with Crippen molar-refractivity contribution in [1.29, 1.82) is 0 Å². The van der Waals surface area contributed by atoms with E-state index >= 15 is 0 Å². The minimum atomic E-state index is 0.601. The summed E-state index contributed by atoms with van der Waals surface area (Å²) in [6, 6.07) is 3.62. The maximum Gasteiger partial charge on any atom is 0.147 e. The second-order valence-electron chi connectivity index (χ2n) is 2.52. The molecule has 0 amide bonds. The van der Waals surface area contributed by atoms with E-state index < -0.39 is 0 Å². The molecule has 0 aliphatic heterocycles. The number of nitrogens with zero attached hydrogens (tertiary/aromatic N) is 2. The van der Waals surface area contributed by atoms with Crippen LogP contribution >= 0.6 is 11.6 Å². The number of hydrogen-bond acceptors (Lipinski definition) is 3. The molecule has 0 aromatic carbocycles. The minimum absolute atomic E-state index is 0.601. The fraction of sp³-hybridized carbons (Fsp3) is 0.375. The summed E-state index contributed by atoms with van der Waals surface area (Å²) in [5, 5.41) is 0.661. The van der Waals surface area contributed by atoms with Crippen molar-refractivity contribution >= 4 is 17.4 Å². The normalized spacial score (nSPS) is 9.92. The van der Waals surface area contributed by atoms with Gasteiger partial charge in [0, 0.05) is 26.3 Å². The SMILES string of the molecule is CN(CCN)c1ncccc1Cl. The Labute approximate surface area is 77.1 Å². The van der Waals surface area contributed by atoms with Gasteiger partial charge in [-0.25, -0.2) is 4.98 Å². The van der Waals surface area contributed by atoms with E-state index in [2.05, 4.69) is 4.98 Å². The van der Waals surface area contributed by atoms with Crippen LogP contribution in [0.15, 0.2) is 18.3 Å². The molecule has 0 saturated carbocycles. The number of nitrogens with two attached hydrogens (primary N) is 1. The summed E-state index contributed by atoms with van der Waals surface area (Å²) in [4.78, 5) is 6.07. The van der Waals surface area contributed by atoms with E-state index in [4.69, 9.17) is 17.3 Å². The van der Waals surface area contributed by atoms with Gasteiger partial charge in [0.1, 0.15) is 5.82 Å². The third-order valence-electron chi connectivity index (χ3n) is 1.57. The van der Waals surface area contributed by atoms with Crippen molar-refractivity contribution in [1.82, 2.24) is 4.98 Å². The molecule has 0 spiro atoms. The van der Waals surface area contributed by atoms with Crippen LogP contribution in [0.1, 0.15) is 0 Å². The summed E-state index contributed by atoms with van der Waals surface area (Å²) in [5.74, 6) is 0.782. The highest BCUT2D eigenvalue weighted by molar-refractivity contribution is 6.32. The van der Waals surface area contributed by atoms with Crippen molar-refractivity contribution in [2.24, 2.45) is 5.73 Å². The van der Waals surface area contributed by atoms with Gasteiger partial charge in [-0.3, -0.25) is 0 Å². The molecule has 3 nitrogen and oxygen atoms in total. The van der Waals surface area contributed by atoms with Crippen molar-refractivity contribution in [2.45, 2.75) is 0 Å². The lowest BCUT2D eigenvalue weighted by atomic mass is 10.4. The molecule has 4 heteroatoms. The molecule has 0 aliphatic carbocycles. The molecule has 66 valence electrons. The lowest BCUT2D eigenvalue weighted by Gasteiger charge is -2.17. The van der Waals surface area contributed by atoms with Crippen molar-refractivity contribution in [3.63, 3.8) is 0 Å². The molecule has 0 bridgehead atoms. The largest absolute Gasteiger partial charge is 0.357 e. The Morgan fingerprint density at radius 2 is 2.42 bits per heavy atom. The van der Waals surface area contributed by atoms with Crippen LogP contribution in [-0.2, 0) is 0 Å². The van der Waals surface area contributed by atoms with Gasteiger partial charge < -0.3 is 10.6 Å². The molecule has 0 atom stereocenters. The highest BCUT2D eigenvalue weighted by Gasteiger charge is 2.04. The molecule has 0 aliphatic rings. The molecular weight excluding hydrogens is 174 g/mol. The first-order valence-corrected chi connectivity index (χ1v) is 4.15. The van der Waals surface area contributed by atoms with E-state index in [-0.39, 0.29) is 0 Å². The number of hydrogen-bond donors (Lipinski definition) is 1. The standard InChI is InChI=1S/C8H12ClN3/c1-12(6-4-10)8-7(9)3-2-5-11-8/h2-3,5H,4,6,10H2,1H3. The zero-order chi connectivity index (χ0) is 8.97. The van der Waals surface area contributed by atoms with Crippen LogP contribution in [0.25, 0.3) is 0 Å². The minimum Gasteiger partial charge on any atom is -0.357 e. The summed E-state index contributed by atoms with van der Waals surface area (Å²) in [6.07, 6.45) is 1.72. The summed E-state index contributed by atoms with van der Waals surface area (Å²) in [5.41, 5.74) is 5.40. The molecule has 0 saturated heterocycles. The predicted octanol–water partition coefficient (Wildman–Crippen LogP) is 1.13. The first-order chi connectivity index (χ1) is 5.75. The fourth-order valence-corrected chi connectivity index (χ4v) is 1.22. The first-order valence-electron chi connectivity index (χ1n) is 3.77. The van der Waals surface area contributed by atoms with Gasteiger partial charge in [0.15, 0.2) is 0 Å². The average molecular weight is 186 g/mol. The number of aromatic nitrogens is 1. The quantitative estimate of drug-likeness (QED) is 0.768. The fourth-order valence-electron chi connectivity index (χ4n) is 0.958. The molecular formula is C8H12ClN3. The van der Waals surface area contributed by atoms with E-state index in [1.165, 1.54) is 0 Å². The summed E-state index contributed by atoms with van der Waals surface area (Å²) in [7, 11) is 1.92. The molecule has 0 unspecified atom stereocenters. The van der Waals surface area contributed by atoms with E-state index in [9.17, 15) is 0 Å². The molecule has 2 N–H and O–H groups in total. The van der Waals surface area contributed by atoms with Crippen molar-refractivity contribution in [2.75, 3.05) is 25.0 Å². The smallest absolute Gasteiger partial charge is 0.147 e. The van der Waals surface area contributed by atoms with Crippen molar-refractivity contribution in [3.8, 4) is 0 Å². The Balaban J connectivity index is 2.79. The highest BCUT2D eigenvalue weighted by Crippen LogP contribution is 2.20. The van der Waals surface area contributed by atoms with Crippen molar-refractivity contribution < 1.29 is 0 Å². The van der Waals surface area contributed by atoms with Crippen LogP contribution in [0.3, 0.4) is 0 Å². The van der Waals surface area contributed by atoms with E-state index in [0.29, 0.717) is 11.6 Å². The molecule has 1 aromatic rings. The summed E-state index contributed by atoms with van der Waals surface area (Å²) >= 11 is 5.91. The second kappa shape index (κ2) is 4.28. The topological polar surface area (TPSA) is 42.1 Å². The zero-order valence-corrected chi connectivity index (χ0v) is 7.75. The average Bonchev–Trinajstić information content (AvgIpc) is 2.05. The Morgan fingerprint density at radius 3 is 3.00 bits per heavy atom. The third-order valence-corrected chi connectivity index (χ3v) is 1.86. The Morgan fingerprint density at radius 1 is 1.67 bits per heavy atom. The van der Waals surface area contributed by atoms with Crippen LogP contribution in [-0.4, -0.2) is 25.1 Å².